The summed E-state index contributed by atoms with van der Waals surface area (Å²) in [6, 6.07) is 15.5. The summed E-state index contributed by atoms with van der Waals surface area (Å²) in [6.07, 6.45) is 0.356. The molecule has 5 heteroatoms. The quantitative estimate of drug-likeness (QED) is 0.821. The zero-order chi connectivity index (χ0) is 16.8. The molecule has 4 nitrogen and oxygen atoms in total. The van der Waals surface area contributed by atoms with Gasteiger partial charge in [0.15, 0.2) is 0 Å². The lowest BCUT2D eigenvalue weighted by Crippen LogP contribution is -2.32. The zero-order valence-corrected chi connectivity index (χ0v) is 14.5. The molecule has 0 aliphatic carbocycles. The summed E-state index contributed by atoms with van der Waals surface area (Å²) in [5.41, 5.74) is 9.45. The number of hydrogen-bond acceptors (Lipinski definition) is 4. The van der Waals surface area contributed by atoms with E-state index in [0.29, 0.717) is 12.1 Å². The standard InChI is InChI=1S/C19H23N3OS/c20-17-7-5-15(6-8-17)13-19(23)21-18-4-2-1-3-16(18)14-22-9-11-24-12-10-22/h1-8H,9-14,20H2,(H,21,23). The summed E-state index contributed by atoms with van der Waals surface area (Å²) in [6.45, 7) is 3.11. The van der Waals surface area contributed by atoms with Crippen molar-refractivity contribution in [3.05, 3.63) is 59.7 Å². The molecule has 0 bridgehead atoms. The van der Waals surface area contributed by atoms with Crippen LogP contribution in [0.25, 0.3) is 0 Å². The van der Waals surface area contributed by atoms with E-state index in [9.17, 15) is 4.79 Å². The van der Waals surface area contributed by atoms with Gasteiger partial charge in [0.2, 0.25) is 5.91 Å². The lowest BCUT2D eigenvalue weighted by atomic mass is 10.1. The Hall–Kier alpha value is -1.98. The first-order valence-corrected chi connectivity index (χ1v) is 9.38. The maximum absolute atomic E-state index is 12.4. The second kappa shape index (κ2) is 8.22. The molecule has 0 aromatic heterocycles. The number of para-hydroxylation sites is 1. The van der Waals surface area contributed by atoms with Gasteiger partial charge in [0.05, 0.1) is 6.42 Å². The van der Waals surface area contributed by atoms with Crippen LogP contribution >= 0.6 is 11.8 Å². The number of nitrogens with one attached hydrogen (secondary N) is 1. The third-order valence-corrected chi connectivity index (χ3v) is 5.08. The first-order valence-electron chi connectivity index (χ1n) is 8.23. The van der Waals surface area contributed by atoms with Gasteiger partial charge in [-0.15, -0.1) is 0 Å². The van der Waals surface area contributed by atoms with Crippen molar-refractivity contribution in [1.82, 2.24) is 4.90 Å². The number of carbonyl (C=O) groups is 1. The second-order valence-electron chi connectivity index (χ2n) is 6.01. The van der Waals surface area contributed by atoms with Crippen molar-refractivity contribution in [3.8, 4) is 0 Å². The number of carbonyl (C=O) groups excluding carboxylic acids is 1. The maximum atomic E-state index is 12.4. The molecule has 3 N–H and O–H groups in total. The largest absolute Gasteiger partial charge is 0.399 e. The van der Waals surface area contributed by atoms with Crippen LogP contribution in [0.5, 0.6) is 0 Å². The zero-order valence-electron chi connectivity index (χ0n) is 13.7. The Morgan fingerprint density at radius 3 is 2.54 bits per heavy atom. The van der Waals surface area contributed by atoms with Gasteiger partial charge < -0.3 is 11.1 Å². The Labute approximate surface area is 147 Å². The maximum Gasteiger partial charge on any atom is 0.228 e. The number of anilines is 2. The van der Waals surface area contributed by atoms with Crippen LogP contribution in [0.3, 0.4) is 0 Å². The molecule has 1 fully saturated rings. The Morgan fingerprint density at radius 2 is 1.79 bits per heavy atom. The average Bonchev–Trinajstić information content (AvgIpc) is 2.60. The summed E-state index contributed by atoms with van der Waals surface area (Å²) in [5.74, 6) is 2.37. The van der Waals surface area contributed by atoms with Gasteiger partial charge in [-0.1, -0.05) is 30.3 Å². The minimum atomic E-state index is 0.00132. The third-order valence-electron chi connectivity index (χ3n) is 4.13. The second-order valence-corrected chi connectivity index (χ2v) is 7.24. The molecular formula is C19H23N3OS. The smallest absolute Gasteiger partial charge is 0.228 e. The van der Waals surface area contributed by atoms with E-state index < -0.39 is 0 Å². The van der Waals surface area contributed by atoms with Crippen molar-refractivity contribution in [2.24, 2.45) is 0 Å². The van der Waals surface area contributed by atoms with Crippen molar-refractivity contribution >= 4 is 29.0 Å². The molecule has 0 spiro atoms. The highest BCUT2D eigenvalue weighted by Crippen LogP contribution is 2.20. The van der Waals surface area contributed by atoms with E-state index >= 15 is 0 Å². The van der Waals surface area contributed by atoms with E-state index in [-0.39, 0.29) is 5.91 Å². The summed E-state index contributed by atoms with van der Waals surface area (Å²) in [4.78, 5) is 14.8. The third kappa shape index (κ3) is 4.76. The number of hydrogen-bond donors (Lipinski definition) is 2. The van der Waals surface area contributed by atoms with Gasteiger partial charge in [0, 0.05) is 42.5 Å². The molecule has 3 rings (SSSR count). The fourth-order valence-corrected chi connectivity index (χ4v) is 3.77. The van der Waals surface area contributed by atoms with Crippen molar-refractivity contribution in [2.75, 3.05) is 35.6 Å². The van der Waals surface area contributed by atoms with Gasteiger partial charge in [0.1, 0.15) is 0 Å². The van der Waals surface area contributed by atoms with E-state index in [2.05, 4.69) is 16.3 Å². The van der Waals surface area contributed by atoms with Crippen LogP contribution in [-0.2, 0) is 17.8 Å². The van der Waals surface area contributed by atoms with Gasteiger partial charge in [-0.25, -0.2) is 0 Å². The van der Waals surface area contributed by atoms with Crippen molar-refractivity contribution < 1.29 is 4.79 Å². The van der Waals surface area contributed by atoms with E-state index in [1.165, 1.54) is 17.1 Å². The molecule has 1 aliphatic rings. The topological polar surface area (TPSA) is 58.4 Å². The lowest BCUT2D eigenvalue weighted by molar-refractivity contribution is -0.115. The molecule has 2 aromatic carbocycles. The van der Waals surface area contributed by atoms with Crippen LogP contribution < -0.4 is 11.1 Å². The Kier molecular flexibility index (Phi) is 5.77. The molecule has 2 aromatic rings. The predicted molar refractivity (Wildman–Crippen MR) is 102 cm³/mol. The van der Waals surface area contributed by atoms with Gasteiger partial charge in [-0.2, -0.15) is 11.8 Å². The number of nitrogens with zero attached hydrogens (tertiary/aromatic N) is 1. The molecule has 0 saturated carbocycles. The highest BCUT2D eigenvalue weighted by Gasteiger charge is 2.13. The molecule has 1 aliphatic heterocycles. The van der Waals surface area contributed by atoms with E-state index in [1.807, 2.05) is 54.2 Å². The van der Waals surface area contributed by atoms with Crippen molar-refractivity contribution in [2.45, 2.75) is 13.0 Å². The first-order chi connectivity index (χ1) is 11.7. The summed E-state index contributed by atoms with van der Waals surface area (Å²) < 4.78 is 0. The molecule has 126 valence electrons. The van der Waals surface area contributed by atoms with Crippen LogP contribution in [-0.4, -0.2) is 35.4 Å². The number of amides is 1. The summed E-state index contributed by atoms with van der Waals surface area (Å²) >= 11 is 2.01. The summed E-state index contributed by atoms with van der Waals surface area (Å²) in [5, 5.41) is 3.06. The molecule has 0 radical (unpaired) electrons. The number of nitrogen functional groups attached to an aromatic ring is 1. The van der Waals surface area contributed by atoms with E-state index in [0.717, 1.165) is 30.9 Å². The molecule has 24 heavy (non-hydrogen) atoms. The van der Waals surface area contributed by atoms with Gasteiger partial charge in [-0.3, -0.25) is 9.69 Å². The van der Waals surface area contributed by atoms with E-state index in [1.54, 1.807) is 0 Å². The highest BCUT2D eigenvalue weighted by atomic mass is 32.2. The molecule has 1 amide bonds. The number of thioether (sulfide) groups is 1. The number of benzene rings is 2. The molecular weight excluding hydrogens is 318 g/mol. The van der Waals surface area contributed by atoms with Crippen LogP contribution in [0, 0.1) is 0 Å². The van der Waals surface area contributed by atoms with Crippen LogP contribution in [0.15, 0.2) is 48.5 Å². The van der Waals surface area contributed by atoms with Crippen molar-refractivity contribution in [3.63, 3.8) is 0 Å². The van der Waals surface area contributed by atoms with E-state index in [4.69, 9.17) is 5.73 Å². The van der Waals surface area contributed by atoms with Crippen molar-refractivity contribution in [1.29, 1.82) is 0 Å². The van der Waals surface area contributed by atoms with Gasteiger partial charge in [-0.05, 0) is 29.3 Å². The van der Waals surface area contributed by atoms with Crippen LogP contribution in [0.1, 0.15) is 11.1 Å². The number of nitrogens with two attached hydrogens (primary N) is 1. The fourth-order valence-electron chi connectivity index (χ4n) is 2.80. The Bertz CT molecular complexity index is 681. The molecule has 1 heterocycles. The van der Waals surface area contributed by atoms with Crippen LogP contribution in [0.2, 0.25) is 0 Å². The lowest BCUT2D eigenvalue weighted by Gasteiger charge is -2.27. The average molecular weight is 341 g/mol. The monoisotopic (exact) mass is 341 g/mol. The molecule has 1 saturated heterocycles. The SMILES string of the molecule is Nc1ccc(CC(=O)Nc2ccccc2CN2CCSCC2)cc1. The van der Waals surface area contributed by atoms with Crippen LogP contribution in [0.4, 0.5) is 11.4 Å². The fraction of sp³-hybridized carbons (Fsp3) is 0.316. The Balaban J connectivity index is 1.63. The molecule has 0 atom stereocenters. The number of rotatable bonds is 5. The first kappa shape index (κ1) is 16.9. The van der Waals surface area contributed by atoms with Gasteiger partial charge in [0.25, 0.3) is 0 Å². The minimum absolute atomic E-state index is 0.00132. The molecule has 0 unspecified atom stereocenters. The van der Waals surface area contributed by atoms with Gasteiger partial charge >= 0.3 is 0 Å². The normalized spacial score (nSPS) is 15.2. The summed E-state index contributed by atoms with van der Waals surface area (Å²) in [7, 11) is 0. The predicted octanol–water partition coefficient (Wildman–Crippen LogP) is 3.00. The minimum Gasteiger partial charge on any atom is -0.399 e. The highest BCUT2D eigenvalue weighted by molar-refractivity contribution is 7.99. The Morgan fingerprint density at radius 1 is 1.08 bits per heavy atom.